The molecule has 2 rings (SSSR count). The predicted octanol–water partition coefficient (Wildman–Crippen LogP) is 5.02. The van der Waals surface area contributed by atoms with Crippen molar-refractivity contribution in [3.05, 3.63) is 69.7 Å². The van der Waals surface area contributed by atoms with Crippen LogP contribution in [0.5, 0.6) is 0 Å². The topological polar surface area (TPSA) is 49.4 Å². The number of unbranched alkanes of at least 4 members (excludes halogenated alkanes) is 1. The number of amides is 2. The van der Waals surface area contributed by atoms with Gasteiger partial charge in [0.2, 0.25) is 11.8 Å². The number of carbonyl (C=O) groups excluding carboxylic acids is 2. The number of aryl methyl sites for hydroxylation is 2. The number of nitrogens with one attached hydrogen (secondary N) is 1. The second kappa shape index (κ2) is 11.8. The van der Waals surface area contributed by atoms with Gasteiger partial charge in [-0.3, -0.25) is 9.59 Å². The first kappa shape index (κ1) is 23.1. The Morgan fingerprint density at radius 3 is 2.48 bits per heavy atom. The van der Waals surface area contributed by atoms with Gasteiger partial charge >= 0.3 is 0 Å². The standard InChI is InChI=1S/C24H31BrN2O2/c1-4-5-15-26-24(29)19(3)27(17-21-7-6-8-22(25)16-21)23(28)14-13-20-11-9-18(2)10-12-20/h6-12,16,19H,4-5,13-15,17H2,1-3H3,(H,26,29)/t19-/m0/s1. The molecule has 1 N–H and O–H groups in total. The van der Waals surface area contributed by atoms with Crippen LogP contribution in [-0.2, 0) is 22.6 Å². The van der Waals surface area contributed by atoms with Crippen molar-refractivity contribution in [2.75, 3.05) is 6.54 Å². The second-order valence-electron chi connectivity index (χ2n) is 7.46. The van der Waals surface area contributed by atoms with Crippen LogP contribution in [0.2, 0.25) is 0 Å². The fourth-order valence-corrected chi connectivity index (χ4v) is 3.55. The molecule has 0 bridgehead atoms. The van der Waals surface area contributed by atoms with E-state index in [1.165, 1.54) is 5.56 Å². The molecule has 0 spiro atoms. The van der Waals surface area contributed by atoms with Gasteiger partial charge in [0.1, 0.15) is 6.04 Å². The van der Waals surface area contributed by atoms with Crippen LogP contribution < -0.4 is 5.32 Å². The molecule has 0 radical (unpaired) electrons. The zero-order valence-electron chi connectivity index (χ0n) is 17.6. The van der Waals surface area contributed by atoms with Crippen molar-refractivity contribution in [2.45, 2.75) is 59.0 Å². The largest absolute Gasteiger partial charge is 0.354 e. The lowest BCUT2D eigenvalue weighted by molar-refractivity contribution is -0.140. The molecule has 29 heavy (non-hydrogen) atoms. The fourth-order valence-electron chi connectivity index (χ4n) is 3.10. The third kappa shape index (κ3) is 7.65. The smallest absolute Gasteiger partial charge is 0.242 e. The summed E-state index contributed by atoms with van der Waals surface area (Å²) in [4.78, 5) is 27.4. The summed E-state index contributed by atoms with van der Waals surface area (Å²) in [6, 6.07) is 15.6. The lowest BCUT2D eigenvalue weighted by atomic mass is 10.1. The molecule has 0 saturated heterocycles. The molecule has 0 aliphatic heterocycles. The first-order valence-electron chi connectivity index (χ1n) is 10.3. The Kier molecular flexibility index (Phi) is 9.39. The molecule has 0 aliphatic rings. The highest BCUT2D eigenvalue weighted by molar-refractivity contribution is 9.10. The van der Waals surface area contributed by atoms with E-state index in [9.17, 15) is 9.59 Å². The molecule has 1 atom stereocenters. The SMILES string of the molecule is CCCCNC(=O)[C@H](C)N(Cc1cccc(Br)c1)C(=O)CCc1ccc(C)cc1. The van der Waals surface area contributed by atoms with Crippen molar-refractivity contribution in [3.8, 4) is 0 Å². The summed E-state index contributed by atoms with van der Waals surface area (Å²) in [6.07, 6.45) is 3.00. The van der Waals surface area contributed by atoms with Crippen molar-refractivity contribution < 1.29 is 9.59 Å². The minimum atomic E-state index is -0.517. The maximum atomic E-state index is 13.1. The molecule has 0 fully saturated rings. The Bertz CT molecular complexity index is 805. The summed E-state index contributed by atoms with van der Waals surface area (Å²) in [5.74, 6) is -0.110. The summed E-state index contributed by atoms with van der Waals surface area (Å²) < 4.78 is 0.960. The van der Waals surface area contributed by atoms with Crippen LogP contribution in [0.4, 0.5) is 0 Å². The quantitative estimate of drug-likeness (QED) is 0.507. The van der Waals surface area contributed by atoms with Crippen molar-refractivity contribution in [3.63, 3.8) is 0 Å². The number of carbonyl (C=O) groups is 2. The zero-order valence-corrected chi connectivity index (χ0v) is 19.2. The molecule has 4 nitrogen and oxygen atoms in total. The summed E-state index contributed by atoms with van der Waals surface area (Å²) >= 11 is 3.48. The van der Waals surface area contributed by atoms with E-state index in [2.05, 4.69) is 52.4 Å². The van der Waals surface area contributed by atoms with Gasteiger partial charge in [0.15, 0.2) is 0 Å². The van der Waals surface area contributed by atoms with Gasteiger partial charge in [-0.15, -0.1) is 0 Å². The summed E-state index contributed by atoms with van der Waals surface area (Å²) in [7, 11) is 0. The number of benzene rings is 2. The van der Waals surface area contributed by atoms with E-state index in [1.807, 2.05) is 38.1 Å². The van der Waals surface area contributed by atoms with Crippen LogP contribution in [0, 0.1) is 6.92 Å². The van der Waals surface area contributed by atoms with Crippen molar-refractivity contribution >= 4 is 27.7 Å². The van der Waals surface area contributed by atoms with Gasteiger partial charge < -0.3 is 10.2 Å². The number of nitrogens with zero attached hydrogens (tertiary/aromatic N) is 1. The molecule has 0 aromatic heterocycles. The van der Waals surface area contributed by atoms with Gasteiger partial charge in [-0.25, -0.2) is 0 Å². The average molecular weight is 459 g/mol. The van der Waals surface area contributed by atoms with Crippen LogP contribution in [0.1, 0.15) is 49.8 Å². The first-order valence-corrected chi connectivity index (χ1v) is 11.1. The Morgan fingerprint density at radius 2 is 1.83 bits per heavy atom. The summed E-state index contributed by atoms with van der Waals surface area (Å²) in [5, 5.41) is 2.95. The first-order chi connectivity index (χ1) is 13.9. The molecule has 156 valence electrons. The van der Waals surface area contributed by atoms with Crippen LogP contribution in [0.25, 0.3) is 0 Å². The Labute approximate surface area is 182 Å². The molecule has 5 heteroatoms. The Morgan fingerprint density at radius 1 is 1.10 bits per heavy atom. The van der Waals surface area contributed by atoms with Crippen molar-refractivity contribution in [2.24, 2.45) is 0 Å². The van der Waals surface area contributed by atoms with Crippen molar-refractivity contribution in [1.82, 2.24) is 10.2 Å². The van der Waals surface area contributed by atoms with E-state index >= 15 is 0 Å². The van der Waals surface area contributed by atoms with Crippen LogP contribution in [0.15, 0.2) is 53.0 Å². The molecule has 0 saturated carbocycles. The predicted molar refractivity (Wildman–Crippen MR) is 122 cm³/mol. The highest BCUT2D eigenvalue weighted by Gasteiger charge is 2.25. The molecule has 2 aromatic carbocycles. The number of hydrogen-bond acceptors (Lipinski definition) is 2. The highest BCUT2D eigenvalue weighted by Crippen LogP contribution is 2.17. The third-order valence-electron chi connectivity index (χ3n) is 4.99. The van der Waals surface area contributed by atoms with Gasteiger partial charge in [-0.2, -0.15) is 0 Å². The Balaban J connectivity index is 2.10. The molecule has 2 amide bonds. The highest BCUT2D eigenvalue weighted by atomic mass is 79.9. The molecule has 0 aliphatic carbocycles. The van der Waals surface area contributed by atoms with E-state index < -0.39 is 6.04 Å². The number of halogens is 1. The van der Waals surface area contributed by atoms with Gasteiger partial charge in [0, 0.05) is 24.0 Å². The molecule has 0 heterocycles. The second-order valence-corrected chi connectivity index (χ2v) is 8.37. The number of hydrogen-bond donors (Lipinski definition) is 1. The lowest BCUT2D eigenvalue weighted by Gasteiger charge is -2.29. The summed E-state index contributed by atoms with van der Waals surface area (Å²) in [5.41, 5.74) is 3.33. The van der Waals surface area contributed by atoms with Gasteiger partial charge in [-0.1, -0.05) is 71.2 Å². The average Bonchev–Trinajstić information content (AvgIpc) is 2.71. The summed E-state index contributed by atoms with van der Waals surface area (Å²) in [6.45, 7) is 7.00. The maximum absolute atomic E-state index is 13.1. The molecular formula is C24H31BrN2O2. The monoisotopic (exact) mass is 458 g/mol. The van der Waals surface area contributed by atoms with E-state index in [1.54, 1.807) is 4.90 Å². The Hall–Kier alpha value is -2.14. The van der Waals surface area contributed by atoms with E-state index in [0.717, 1.165) is 28.4 Å². The van der Waals surface area contributed by atoms with Crippen LogP contribution >= 0.6 is 15.9 Å². The minimum absolute atomic E-state index is 0.0105. The van der Waals surface area contributed by atoms with Gasteiger partial charge in [0.25, 0.3) is 0 Å². The van der Waals surface area contributed by atoms with E-state index in [0.29, 0.717) is 25.9 Å². The number of rotatable bonds is 10. The van der Waals surface area contributed by atoms with E-state index in [-0.39, 0.29) is 11.8 Å². The third-order valence-corrected chi connectivity index (χ3v) is 5.48. The zero-order chi connectivity index (χ0) is 21.2. The molecular weight excluding hydrogens is 428 g/mol. The fraction of sp³-hybridized carbons (Fsp3) is 0.417. The van der Waals surface area contributed by atoms with E-state index in [4.69, 9.17) is 0 Å². The van der Waals surface area contributed by atoms with Gasteiger partial charge in [0.05, 0.1) is 0 Å². The normalized spacial score (nSPS) is 11.7. The molecule has 2 aromatic rings. The maximum Gasteiger partial charge on any atom is 0.242 e. The minimum Gasteiger partial charge on any atom is -0.354 e. The van der Waals surface area contributed by atoms with Crippen LogP contribution in [0.3, 0.4) is 0 Å². The molecule has 0 unspecified atom stereocenters. The lowest BCUT2D eigenvalue weighted by Crippen LogP contribution is -2.47. The van der Waals surface area contributed by atoms with Crippen molar-refractivity contribution in [1.29, 1.82) is 0 Å². The van der Waals surface area contributed by atoms with Crippen LogP contribution in [-0.4, -0.2) is 29.3 Å². The van der Waals surface area contributed by atoms with Gasteiger partial charge in [-0.05, 0) is 49.9 Å².